The molecule has 3 aromatic rings. The number of hydrogen-bond acceptors (Lipinski definition) is 6. The Morgan fingerprint density at radius 3 is 2.79 bits per heavy atom. The summed E-state index contributed by atoms with van der Waals surface area (Å²) in [4.78, 5) is 19.4. The third-order valence-electron chi connectivity index (χ3n) is 4.17. The maximum absolute atomic E-state index is 12.2. The van der Waals surface area contributed by atoms with E-state index in [0.717, 1.165) is 11.1 Å². The molecular formula is C21H19N3O4. The number of ether oxygens (including phenoxy) is 2. The van der Waals surface area contributed by atoms with Gasteiger partial charge in [0.15, 0.2) is 11.6 Å². The van der Waals surface area contributed by atoms with Gasteiger partial charge in [-0.05, 0) is 25.1 Å². The minimum absolute atomic E-state index is 0.00927. The average molecular weight is 377 g/mol. The molecule has 0 spiro atoms. The monoisotopic (exact) mass is 377 g/mol. The summed E-state index contributed by atoms with van der Waals surface area (Å²) in [5.74, 6) is -0.108. The highest BCUT2D eigenvalue weighted by Crippen LogP contribution is 2.21. The molecule has 0 saturated heterocycles. The number of H-pyrrole nitrogens is 1. The molecule has 0 bridgehead atoms. The Hall–Kier alpha value is -3.79. The van der Waals surface area contributed by atoms with Crippen molar-refractivity contribution < 1.29 is 19.4 Å². The van der Waals surface area contributed by atoms with Crippen LogP contribution in [0.5, 0.6) is 5.75 Å². The van der Waals surface area contributed by atoms with Gasteiger partial charge in [0, 0.05) is 5.56 Å². The van der Waals surface area contributed by atoms with Crippen LogP contribution in [0.2, 0.25) is 0 Å². The van der Waals surface area contributed by atoms with E-state index in [1.54, 1.807) is 12.1 Å². The predicted octanol–water partition coefficient (Wildman–Crippen LogP) is 3.46. The Labute approximate surface area is 161 Å². The fraction of sp³-hybridized carbons (Fsp3) is 0.190. The molecule has 3 rings (SSSR count). The van der Waals surface area contributed by atoms with Crippen LogP contribution in [0.15, 0.2) is 48.2 Å². The van der Waals surface area contributed by atoms with Crippen molar-refractivity contribution in [2.45, 2.75) is 13.3 Å². The van der Waals surface area contributed by atoms with E-state index < -0.39 is 12.6 Å². The molecule has 2 N–H and O–H groups in total. The lowest BCUT2D eigenvalue weighted by Crippen LogP contribution is -2.12. The van der Waals surface area contributed by atoms with Crippen molar-refractivity contribution in [3.05, 3.63) is 65.2 Å². The van der Waals surface area contributed by atoms with Crippen molar-refractivity contribution in [3.63, 3.8) is 0 Å². The van der Waals surface area contributed by atoms with E-state index in [2.05, 4.69) is 9.97 Å². The van der Waals surface area contributed by atoms with Gasteiger partial charge < -0.3 is 19.6 Å². The Morgan fingerprint density at radius 2 is 2.07 bits per heavy atom. The van der Waals surface area contributed by atoms with Gasteiger partial charge in [0.25, 0.3) is 0 Å². The highest BCUT2D eigenvalue weighted by molar-refractivity contribution is 5.83. The molecule has 1 heterocycles. The molecule has 142 valence electrons. The van der Waals surface area contributed by atoms with E-state index in [0.29, 0.717) is 16.8 Å². The lowest BCUT2D eigenvalue weighted by molar-refractivity contribution is -0.142. The van der Waals surface area contributed by atoms with Crippen LogP contribution in [0.3, 0.4) is 0 Å². The standard InChI is InChI=1S/C21H19N3O4/c1-13-7-8-19(27-2)14(9-13)10-20(26)28-12-18(25)15(11-22)21-23-16-5-3-4-6-17(16)24-21/h3-9,25H,10,12H2,1-2H3,(H,23,24)/b18-15-. The number of para-hydroxylation sites is 2. The molecule has 28 heavy (non-hydrogen) atoms. The van der Waals surface area contributed by atoms with E-state index in [1.807, 2.05) is 43.3 Å². The average Bonchev–Trinajstić information content (AvgIpc) is 3.11. The molecule has 7 heteroatoms. The van der Waals surface area contributed by atoms with Crippen LogP contribution in [0.4, 0.5) is 0 Å². The lowest BCUT2D eigenvalue weighted by Gasteiger charge is -2.10. The minimum atomic E-state index is -0.544. The number of carbonyl (C=O) groups is 1. The van der Waals surface area contributed by atoms with Gasteiger partial charge in [-0.15, -0.1) is 0 Å². The number of aliphatic hydroxyl groups excluding tert-OH is 1. The summed E-state index contributed by atoms with van der Waals surface area (Å²) in [6.07, 6.45) is -0.00927. The third-order valence-corrected chi connectivity index (χ3v) is 4.17. The van der Waals surface area contributed by atoms with Crippen molar-refractivity contribution in [2.24, 2.45) is 0 Å². The first-order chi connectivity index (χ1) is 13.5. The number of aliphatic hydroxyl groups is 1. The number of rotatable bonds is 6. The zero-order chi connectivity index (χ0) is 20.1. The van der Waals surface area contributed by atoms with Gasteiger partial charge in [0.1, 0.15) is 24.0 Å². The van der Waals surface area contributed by atoms with Gasteiger partial charge in [-0.2, -0.15) is 5.26 Å². The summed E-state index contributed by atoms with van der Waals surface area (Å²) in [6.45, 7) is 1.49. The number of nitrogens with one attached hydrogen (secondary N) is 1. The number of imidazole rings is 1. The number of esters is 1. The summed E-state index contributed by atoms with van der Waals surface area (Å²) < 4.78 is 10.4. The van der Waals surface area contributed by atoms with Gasteiger partial charge in [0.05, 0.1) is 24.6 Å². The molecule has 2 aromatic carbocycles. The Morgan fingerprint density at radius 1 is 1.29 bits per heavy atom. The number of methoxy groups -OCH3 is 1. The first kappa shape index (κ1) is 19.0. The molecule has 1 aromatic heterocycles. The van der Waals surface area contributed by atoms with E-state index in [9.17, 15) is 15.2 Å². The summed E-state index contributed by atoms with van der Waals surface area (Å²) in [7, 11) is 1.53. The van der Waals surface area contributed by atoms with Crippen LogP contribution in [0.1, 0.15) is 17.0 Å². The molecule has 0 fully saturated rings. The maximum atomic E-state index is 12.2. The molecule has 0 aliphatic heterocycles. The van der Waals surface area contributed by atoms with E-state index in [-0.39, 0.29) is 23.6 Å². The molecule has 0 unspecified atom stereocenters. The van der Waals surface area contributed by atoms with Crippen LogP contribution in [0.25, 0.3) is 16.6 Å². The molecule has 0 amide bonds. The Bertz CT molecular complexity index is 1060. The van der Waals surface area contributed by atoms with Gasteiger partial charge in [-0.25, -0.2) is 4.98 Å². The van der Waals surface area contributed by atoms with Gasteiger partial charge >= 0.3 is 5.97 Å². The second-order valence-corrected chi connectivity index (χ2v) is 6.19. The molecule has 0 aliphatic rings. The number of fused-ring (bicyclic) bond motifs is 1. The normalized spacial score (nSPS) is 11.6. The number of nitrogens with zero attached hydrogens (tertiary/aromatic N) is 2. The van der Waals surface area contributed by atoms with E-state index in [1.165, 1.54) is 7.11 Å². The van der Waals surface area contributed by atoms with E-state index in [4.69, 9.17) is 9.47 Å². The second kappa shape index (κ2) is 8.27. The van der Waals surface area contributed by atoms with Crippen molar-refractivity contribution >= 4 is 22.6 Å². The summed E-state index contributed by atoms with van der Waals surface area (Å²) in [5, 5.41) is 19.6. The fourth-order valence-electron chi connectivity index (χ4n) is 2.80. The number of aromatic nitrogens is 2. The second-order valence-electron chi connectivity index (χ2n) is 6.19. The first-order valence-corrected chi connectivity index (χ1v) is 8.58. The number of aromatic amines is 1. The van der Waals surface area contributed by atoms with Crippen LogP contribution in [0, 0.1) is 18.3 Å². The van der Waals surface area contributed by atoms with Gasteiger partial charge in [-0.3, -0.25) is 4.79 Å². The number of carbonyl (C=O) groups excluding carboxylic acids is 1. The van der Waals surface area contributed by atoms with Crippen LogP contribution >= 0.6 is 0 Å². The first-order valence-electron chi connectivity index (χ1n) is 8.58. The SMILES string of the molecule is COc1ccc(C)cc1CC(=O)OC/C(O)=C(\C#N)c1nc2ccccc2[nH]1. The lowest BCUT2D eigenvalue weighted by atomic mass is 10.1. The summed E-state index contributed by atoms with van der Waals surface area (Å²) >= 11 is 0. The highest BCUT2D eigenvalue weighted by Gasteiger charge is 2.16. The molecule has 0 radical (unpaired) electrons. The van der Waals surface area contributed by atoms with Crippen molar-refractivity contribution in [1.82, 2.24) is 9.97 Å². The number of aryl methyl sites for hydroxylation is 1. The fourth-order valence-corrected chi connectivity index (χ4v) is 2.80. The minimum Gasteiger partial charge on any atom is -0.507 e. The molecule has 0 atom stereocenters. The van der Waals surface area contributed by atoms with E-state index >= 15 is 0 Å². The van der Waals surface area contributed by atoms with Crippen molar-refractivity contribution in [2.75, 3.05) is 13.7 Å². The highest BCUT2D eigenvalue weighted by atomic mass is 16.5. The zero-order valence-corrected chi connectivity index (χ0v) is 15.5. The zero-order valence-electron chi connectivity index (χ0n) is 15.5. The largest absolute Gasteiger partial charge is 0.507 e. The summed E-state index contributed by atoms with van der Waals surface area (Å²) in [5.41, 5.74) is 3.01. The number of benzene rings is 2. The van der Waals surface area contributed by atoms with Crippen LogP contribution < -0.4 is 4.74 Å². The molecular weight excluding hydrogens is 358 g/mol. The predicted molar refractivity (Wildman–Crippen MR) is 104 cm³/mol. The van der Waals surface area contributed by atoms with Crippen molar-refractivity contribution in [3.8, 4) is 11.8 Å². The quantitative estimate of drug-likeness (QED) is 0.387. The third kappa shape index (κ3) is 4.13. The smallest absolute Gasteiger partial charge is 0.310 e. The topological polar surface area (TPSA) is 108 Å². The molecule has 7 nitrogen and oxygen atoms in total. The maximum Gasteiger partial charge on any atom is 0.310 e. The Kier molecular flexibility index (Phi) is 5.61. The number of nitriles is 1. The molecule has 0 saturated carbocycles. The molecule has 0 aliphatic carbocycles. The van der Waals surface area contributed by atoms with Gasteiger partial charge in [-0.1, -0.05) is 29.8 Å². The number of hydrogen-bond donors (Lipinski definition) is 2. The van der Waals surface area contributed by atoms with Crippen LogP contribution in [-0.2, 0) is 16.0 Å². The number of allylic oxidation sites excluding steroid dienone is 1. The summed E-state index contributed by atoms with van der Waals surface area (Å²) in [6, 6.07) is 14.7. The van der Waals surface area contributed by atoms with Gasteiger partial charge in [0.2, 0.25) is 0 Å². The van der Waals surface area contributed by atoms with Crippen molar-refractivity contribution in [1.29, 1.82) is 5.26 Å². The Balaban J connectivity index is 1.72. The van der Waals surface area contributed by atoms with Crippen LogP contribution in [-0.4, -0.2) is 34.8 Å².